The normalized spacial score (nSPS) is 12.1. The van der Waals surface area contributed by atoms with E-state index in [-0.39, 0.29) is 24.3 Å². The monoisotopic (exact) mass is 223 g/mol. The Labute approximate surface area is 94.9 Å². The van der Waals surface area contributed by atoms with Gasteiger partial charge in [-0.25, -0.2) is 0 Å². The highest BCUT2D eigenvalue weighted by Crippen LogP contribution is 2.11. The molecule has 0 aliphatic rings. The molecule has 0 saturated heterocycles. The maximum Gasteiger partial charge on any atom is 0.251 e. The van der Waals surface area contributed by atoms with E-state index in [0.29, 0.717) is 12.0 Å². The number of aliphatic hydroxyl groups is 1. The zero-order valence-corrected chi connectivity index (χ0v) is 9.31. The maximum absolute atomic E-state index is 11.7. The van der Waals surface area contributed by atoms with E-state index < -0.39 is 0 Å². The van der Waals surface area contributed by atoms with E-state index in [1.54, 1.807) is 12.1 Å². The molecular formula is C12H17NO3. The van der Waals surface area contributed by atoms with E-state index in [1.165, 1.54) is 12.1 Å². The molecule has 0 saturated carbocycles. The number of amides is 1. The number of hydrogen-bond acceptors (Lipinski definition) is 3. The van der Waals surface area contributed by atoms with E-state index in [1.807, 2.05) is 6.92 Å². The van der Waals surface area contributed by atoms with E-state index >= 15 is 0 Å². The third-order valence-electron chi connectivity index (χ3n) is 2.28. The fourth-order valence-corrected chi connectivity index (χ4v) is 1.42. The molecule has 1 atom stereocenters. The highest BCUT2D eigenvalue weighted by Gasteiger charge is 2.09. The summed E-state index contributed by atoms with van der Waals surface area (Å²) in [6, 6.07) is 6.23. The fourth-order valence-electron chi connectivity index (χ4n) is 1.42. The summed E-state index contributed by atoms with van der Waals surface area (Å²) in [5, 5.41) is 20.7. The summed E-state index contributed by atoms with van der Waals surface area (Å²) >= 11 is 0. The summed E-state index contributed by atoms with van der Waals surface area (Å²) in [6.45, 7) is 2.02. The van der Waals surface area contributed by atoms with E-state index in [9.17, 15) is 9.90 Å². The van der Waals surface area contributed by atoms with Gasteiger partial charge in [0.1, 0.15) is 5.75 Å². The van der Waals surface area contributed by atoms with Crippen LogP contribution in [0.4, 0.5) is 0 Å². The molecule has 1 amide bonds. The molecule has 88 valence electrons. The molecule has 0 radical (unpaired) electrons. The number of rotatable bonds is 5. The van der Waals surface area contributed by atoms with Crippen LogP contribution in [0.15, 0.2) is 24.3 Å². The number of nitrogens with one attached hydrogen (secondary N) is 1. The molecule has 1 rings (SSSR count). The Morgan fingerprint density at radius 2 is 2.25 bits per heavy atom. The number of carbonyl (C=O) groups excluding carboxylic acids is 1. The van der Waals surface area contributed by atoms with Gasteiger partial charge in [0.25, 0.3) is 5.91 Å². The van der Waals surface area contributed by atoms with Gasteiger partial charge in [-0.1, -0.05) is 6.07 Å². The lowest BCUT2D eigenvalue weighted by Crippen LogP contribution is -2.32. The zero-order chi connectivity index (χ0) is 12.0. The van der Waals surface area contributed by atoms with Crippen molar-refractivity contribution in [1.82, 2.24) is 5.32 Å². The number of aliphatic hydroxyl groups excluding tert-OH is 1. The number of carbonyl (C=O) groups is 1. The predicted octanol–water partition coefficient (Wildman–Crippen LogP) is 1.28. The largest absolute Gasteiger partial charge is 0.508 e. The van der Waals surface area contributed by atoms with Crippen molar-refractivity contribution in [2.45, 2.75) is 25.8 Å². The van der Waals surface area contributed by atoms with Gasteiger partial charge in [-0.15, -0.1) is 0 Å². The van der Waals surface area contributed by atoms with Gasteiger partial charge >= 0.3 is 0 Å². The summed E-state index contributed by atoms with van der Waals surface area (Å²) in [5.74, 6) is -0.128. The molecule has 0 fully saturated rings. The predicted molar refractivity (Wildman–Crippen MR) is 61.4 cm³/mol. The number of benzene rings is 1. The van der Waals surface area contributed by atoms with Crippen molar-refractivity contribution in [1.29, 1.82) is 0 Å². The number of phenols is 1. The van der Waals surface area contributed by atoms with Crippen LogP contribution >= 0.6 is 0 Å². The first-order valence-electron chi connectivity index (χ1n) is 5.34. The summed E-state index contributed by atoms with van der Waals surface area (Å²) in [4.78, 5) is 11.7. The maximum atomic E-state index is 11.7. The molecule has 0 aromatic heterocycles. The molecule has 0 bridgehead atoms. The number of hydrogen-bond donors (Lipinski definition) is 3. The quantitative estimate of drug-likeness (QED) is 0.704. The average Bonchev–Trinajstić information content (AvgIpc) is 2.26. The molecular weight excluding hydrogens is 206 g/mol. The van der Waals surface area contributed by atoms with Crippen LogP contribution < -0.4 is 5.32 Å². The molecule has 4 nitrogen and oxygen atoms in total. The van der Waals surface area contributed by atoms with Crippen molar-refractivity contribution in [3.63, 3.8) is 0 Å². The zero-order valence-electron chi connectivity index (χ0n) is 9.31. The Morgan fingerprint density at radius 1 is 1.50 bits per heavy atom. The molecule has 1 aromatic carbocycles. The topological polar surface area (TPSA) is 69.6 Å². The highest BCUT2D eigenvalue weighted by atomic mass is 16.3. The van der Waals surface area contributed by atoms with Crippen LogP contribution in [-0.2, 0) is 0 Å². The molecule has 0 spiro atoms. The molecule has 0 heterocycles. The SMILES string of the molecule is CC(CCCO)NC(=O)c1cccc(O)c1. The fraction of sp³-hybridized carbons (Fsp3) is 0.417. The minimum Gasteiger partial charge on any atom is -0.508 e. The molecule has 16 heavy (non-hydrogen) atoms. The van der Waals surface area contributed by atoms with Crippen molar-refractivity contribution in [3.8, 4) is 5.75 Å². The van der Waals surface area contributed by atoms with E-state index in [2.05, 4.69) is 5.32 Å². The molecule has 4 heteroatoms. The second-order valence-corrected chi connectivity index (χ2v) is 3.79. The number of phenolic OH excluding ortho intramolecular Hbond substituents is 1. The summed E-state index contributed by atoms with van der Waals surface area (Å²) in [6.07, 6.45) is 1.41. The third-order valence-corrected chi connectivity index (χ3v) is 2.28. The van der Waals surface area contributed by atoms with Gasteiger partial charge < -0.3 is 15.5 Å². The van der Waals surface area contributed by atoms with Crippen LogP contribution in [-0.4, -0.2) is 28.8 Å². The Balaban J connectivity index is 2.52. The minimum absolute atomic E-state index is 0.0157. The van der Waals surface area contributed by atoms with Gasteiger partial charge in [-0.2, -0.15) is 0 Å². The first-order chi connectivity index (χ1) is 7.63. The van der Waals surface area contributed by atoms with Gasteiger partial charge in [0.05, 0.1) is 0 Å². The van der Waals surface area contributed by atoms with Crippen LogP contribution in [0, 0.1) is 0 Å². The Morgan fingerprint density at radius 3 is 2.88 bits per heavy atom. The van der Waals surface area contributed by atoms with Crippen LogP contribution in [0.1, 0.15) is 30.1 Å². The standard InChI is InChI=1S/C12H17NO3/c1-9(4-3-7-14)13-12(16)10-5-2-6-11(15)8-10/h2,5-6,8-9,14-15H,3-4,7H2,1H3,(H,13,16). The molecule has 1 unspecified atom stereocenters. The third kappa shape index (κ3) is 3.90. The lowest BCUT2D eigenvalue weighted by atomic mass is 10.1. The summed E-state index contributed by atoms with van der Waals surface area (Å²) in [5.41, 5.74) is 0.441. The first-order valence-corrected chi connectivity index (χ1v) is 5.34. The van der Waals surface area contributed by atoms with Crippen molar-refractivity contribution < 1.29 is 15.0 Å². The second-order valence-electron chi connectivity index (χ2n) is 3.79. The van der Waals surface area contributed by atoms with E-state index in [0.717, 1.165) is 6.42 Å². The van der Waals surface area contributed by atoms with Gasteiger partial charge in [-0.3, -0.25) is 4.79 Å². The van der Waals surface area contributed by atoms with Crippen molar-refractivity contribution in [3.05, 3.63) is 29.8 Å². The Kier molecular flexibility index (Phi) is 4.79. The lowest BCUT2D eigenvalue weighted by Gasteiger charge is -2.13. The smallest absolute Gasteiger partial charge is 0.251 e. The van der Waals surface area contributed by atoms with Crippen LogP contribution in [0.5, 0.6) is 5.75 Å². The van der Waals surface area contributed by atoms with Gasteiger partial charge in [0.15, 0.2) is 0 Å². The van der Waals surface area contributed by atoms with Crippen molar-refractivity contribution >= 4 is 5.91 Å². The molecule has 1 aromatic rings. The van der Waals surface area contributed by atoms with Crippen molar-refractivity contribution in [2.24, 2.45) is 0 Å². The summed E-state index contributed by atoms with van der Waals surface area (Å²) < 4.78 is 0. The minimum atomic E-state index is -0.207. The van der Waals surface area contributed by atoms with Gasteiger partial charge in [0, 0.05) is 18.2 Å². The molecule has 0 aliphatic carbocycles. The number of aromatic hydroxyl groups is 1. The average molecular weight is 223 g/mol. The van der Waals surface area contributed by atoms with Crippen LogP contribution in [0.2, 0.25) is 0 Å². The summed E-state index contributed by atoms with van der Waals surface area (Å²) in [7, 11) is 0. The lowest BCUT2D eigenvalue weighted by molar-refractivity contribution is 0.0936. The molecule has 3 N–H and O–H groups in total. The van der Waals surface area contributed by atoms with Crippen LogP contribution in [0.3, 0.4) is 0 Å². The van der Waals surface area contributed by atoms with Crippen molar-refractivity contribution in [2.75, 3.05) is 6.61 Å². The van der Waals surface area contributed by atoms with Gasteiger partial charge in [-0.05, 0) is 38.0 Å². The van der Waals surface area contributed by atoms with Crippen LogP contribution in [0.25, 0.3) is 0 Å². The highest BCUT2D eigenvalue weighted by molar-refractivity contribution is 5.94. The van der Waals surface area contributed by atoms with E-state index in [4.69, 9.17) is 5.11 Å². The molecule has 0 aliphatic heterocycles. The first kappa shape index (κ1) is 12.5. The second kappa shape index (κ2) is 6.12. The Hall–Kier alpha value is -1.55. The Bertz CT molecular complexity index is 352. The van der Waals surface area contributed by atoms with Gasteiger partial charge in [0.2, 0.25) is 0 Å².